The van der Waals surface area contributed by atoms with Crippen molar-refractivity contribution in [1.82, 2.24) is 4.90 Å². The molecule has 0 aromatic heterocycles. The van der Waals surface area contributed by atoms with Crippen molar-refractivity contribution in [3.05, 3.63) is 12.2 Å². The van der Waals surface area contributed by atoms with Gasteiger partial charge in [-0.2, -0.15) is 0 Å². The first-order valence-electron chi connectivity index (χ1n) is 9.01. The van der Waals surface area contributed by atoms with E-state index in [1.54, 1.807) is 0 Å². The molecule has 2 bridgehead atoms. The molecule has 4 aliphatic rings. The van der Waals surface area contributed by atoms with Crippen molar-refractivity contribution in [2.75, 3.05) is 19.8 Å². The van der Waals surface area contributed by atoms with Crippen LogP contribution in [0.2, 0.25) is 0 Å². The maximum Gasteiger partial charge on any atom is 0.226 e. The number of allylic oxidation sites excluding steroid dienone is 2. The molecule has 0 spiro atoms. The molecule has 1 aliphatic heterocycles. The molecule has 0 N–H and O–H groups in total. The van der Waals surface area contributed by atoms with Crippen LogP contribution in [0.15, 0.2) is 12.2 Å². The van der Waals surface area contributed by atoms with E-state index >= 15 is 0 Å². The minimum atomic E-state index is 0.103. The molecule has 122 valence electrons. The van der Waals surface area contributed by atoms with Crippen molar-refractivity contribution < 1.29 is 14.3 Å². The van der Waals surface area contributed by atoms with E-state index in [-0.39, 0.29) is 24.2 Å². The highest BCUT2D eigenvalue weighted by atomic mass is 16.5. The molecule has 4 atom stereocenters. The predicted octanol–water partition coefficient (Wildman–Crippen LogP) is 2.53. The van der Waals surface area contributed by atoms with Crippen LogP contribution in [0.3, 0.4) is 0 Å². The van der Waals surface area contributed by atoms with Crippen molar-refractivity contribution in [2.24, 2.45) is 11.8 Å². The third-order valence-corrected chi connectivity index (χ3v) is 5.68. The number of hydrogen-bond acceptors (Lipinski definition) is 3. The summed E-state index contributed by atoms with van der Waals surface area (Å²) in [6, 6.07) is 0.240. The lowest BCUT2D eigenvalue weighted by molar-refractivity contribution is -0.140. The fraction of sp³-hybridized carbons (Fsp3) is 0.833. The second-order valence-corrected chi connectivity index (χ2v) is 7.31. The van der Waals surface area contributed by atoms with Gasteiger partial charge in [0.05, 0.1) is 18.8 Å². The van der Waals surface area contributed by atoms with Gasteiger partial charge in [0.15, 0.2) is 0 Å². The first-order chi connectivity index (χ1) is 10.8. The number of hydrogen-bond donors (Lipinski definition) is 0. The lowest BCUT2D eigenvalue weighted by Crippen LogP contribution is -2.48. The normalized spacial score (nSPS) is 38.1. The molecule has 4 nitrogen and oxygen atoms in total. The Balaban J connectivity index is 1.45. The molecule has 0 radical (unpaired) electrons. The Bertz CT molecular complexity index is 446. The van der Waals surface area contributed by atoms with Crippen LogP contribution < -0.4 is 0 Å². The third kappa shape index (κ3) is 2.95. The van der Waals surface area contributed by atoms with E-state index < -0.39 is 0 Å². The summed E-state index contributed by atoms with van der Waals surface area (Å²) in [5, 5.41) is 0. The van der Waals surface area contributed by atoms with Crippen LogP contribution in [0.25, 0.3) is 0 Å². The van der Waals surface area contributed by atoms with E-state index in [4.69, 9.17) is 9.47 Å². The summed E-state index contributed by atoms with van der Waals surface area (Å²) in [5.74, 6) is 1.27. The highest BCUT2D eigenvalue weighted by Crippen LogP contribution is 2.36. The van der Waals surface area contributed by atoms with Crippen LogP contribution in [0.1, 0.15) is 44.9 Å². The number of fused-ring (bicyclic) bond motifs is 2. The molecule has 0 aromatic carbocycles. The van der Waals surface area contributed by atoms with E-state index in [1.807, 2.05) is 0 Å². The number of ether oxygens (including phenoxy) is 2. The van der Waals surface area contributed by atoms with Crippen LogP contribution >= 0.6 is 0 Å². The summed E-state index contributed by atoms with van der Waals surface area (Å²) in [6.45, 7) is 2.26. The minimum absolute atomic E-state index is 0.103. The summed E-state index contributed by atoms with van der Waals surface area (Å²) >= 11 is 0. The molecule has 4 rings (SSSR count). The number of carbonyl (C=O) groups is 1. The Hall–Kier alpha value is -0.870. The van der Waals surface area contributed by atoms with Gasteiger partial charge in [0.1, 0.15) is 6.10 Å². The SMILES string of the molecule is O=C(C1CC=CCC1)N1CCOC2CCC1C2OCC1CC1. The van der Waals surface area contributed by atoms with Crippen molar-refractivity contribution in [2.45, 2.75) is 63.2 Å². The fourth-order valence-electron chi connectivity index (χ4n) is 4.17. The van der Waals surface area contributed by atoms with E-state index in [2.05, 4.69) is 17.1 Å². The van der Waals surface area contributed by atoms with Crippen molar-refractivity contribution >= 4 is 5.91 Å². The van der Waals surface area contributed by atoms with Gasteiger partial charge in [0.25, 0.3) is 0 Å². The molecule has 3 aliphatic carbocycles. The molecule has 0 aromatic rings. The van der Waals surface area contributed by atoms with E-state index in [9.17, 15) is 4.79 Å². The van der Waals surface area contributed by atoms with Gasteiger partial charge in [-0.15, -0.1) is 0 Å². The van der Waals surface area contributed by atoms with Crippen LogP contribution in [0.5, 0.6) is 0 Å². The maximum atomic E-state index is 13.0. The standard InChI is InChI=1S/C18H27NO3/c20-18(14-4-2-1-3-5-14)19-10-11-21-16-9-8-15(19)17(16)22-12-13-6-7-13/h1-2,13-17H,3-12H2. The average Bonchev–Trinajstić information content (AvgIpc) is 3.30. The molecule has 1 saturated heterocycles. The van der Waals surface area contributed by atoms with Gasteiger partial charge in [-0.1, -0.05) is 12.2 Å². The first kappa shape index (κ1) is 14.7. The summed E-state index contributed by atoms with van der Waals surface area (Å²) in [6.07, 6.45) is 12.3. The summed E-state index contributed by atoms with van der Waals surface area (Å²) in [4.78, 5) is 15.1. The van der Waals surface area contributed by atoms with Gasteiger partial charge in [-0.25, -0.2) is 0 Å². The van der Waals surface area contributed by atoms with E-state index in [0.29, 0.717) is 12.5 Å². The average molecular weight is 305 g/mol. The van der Waals surface area contributed by atoms with E-state index in [0.717, 1.165) is 51.2 Å². The van der Waals surface area contributed by atoms with Crippen LogP contribution in [0, 0.1) is 11.8 Å². The number of nitrogens with zero attached hydrogens (tertiary/aromatic N) is 1. The molecule has 4 heteroatoms. The lowest BCUT2D eigenvalue weighted by Gasteiger charge is -2.34. The monoisotopic (exact) mass is 305 g/mol. The molecule has 2 saturated carbocycles. The lowest BCUT2D eigenvalue weighted by atomic mass is 9.92. The van der Waals surface area contributed by atoms with Gasteiger partial charge in [-0.3, -0.25) is 4.79 Å². The zero-order valence-electron chi connectivity index (χ0n) is 13.3. The molecular formula is C18H27NO3. The predicted molar refractivity (Wildman–Crippen MR) is 83.4 cm³/mol. The summed E-state index contributed by atoms with van der Waals surface area (Å²) in [7, 11) is 0. The second-order valence-electron chi connectivity index (χ2n) is 7.31. The molecule has 1 heterocycles. The highest BCUT2D eigenvalue weighted by molar-refractivity contribution is 5.79. The molecule has 22 heavy (non-hydrogen) atoms. The number of rotatable bonds is 4. The Labute approximate surface area is 132 Å². The fourth-order valence-corrected chi connectivity index (χ4v) is 4.17. The molecular weight excluding hydrogens is 278 g/mol. The Morgan fingerprint density at radius 1 is 1.18 bits per heavy atom. The minimum Gasteiger partial charge on any atom is -0.374 e. The van der Waals surface area contributed by atoms with Gasteiger partial charge in [-0.05, 0) is 50.9 Å². The third-order valence-electron chi connectivity index (χ3n) is 5.68. The maximum absolute atomic E-state index is 13.0. The Morgan fingerprint density at radius 3 is 2.86 bits per heavy atom. The van der Waals surface area contributed by atoms with E-state index in [1.165, 1.54) is 12.8 Å². The Morgan fingerprint density at radius 2 is 2.09 bits per heavy atom. The van der Waals surface area contributed by atoms with Crippen molar-refractivity contribution in [3.63, 3.8) is 0 Å². The second kappa shape index (κ2) is 6.32. The Kier molecular flexibility index (Phi) is 4.23. The van der Waals surface area contributed by atoms with Crippen LogP contribution in [-0.4, -0.2) is 48.8 Å². The number of amides is 1. The van der Waals surface area contributed by atoms with Gasteiger partial charge in [0, 0.05) is 19.1 Å². The molecule has 3 fully saturated rings. The number of carbonyl (C=O) groups excluding carboxylic acids is 1. The zero-order valence-corrected chi connectivity index (χ0v) is 13.3. The van der Waals surface area contributed by atoms with Gasteiger partial charge < -0.3 is 14.4 Å². The first-order valence-corrected chi connectivity index (χ1v) is 9.01. The highest BCUT2D eigenvalue weighted by Gasteiger charge is 2.46. The summed E-state index contributed by atoms with van der Waals surface area (Å²) < 4.78 is 12.2. The van der Waals surface area contributed by atoms with Crippen molar-refractivity contribution in [3.8, 4) is 0 Å². The topological polar surface area (TPSA) is 38.8 Å². The zero-order chi connectivity index (χ0) is 14.9. The smallest absolute Gasteiger partial charge is 0.226 e. The molecule has 1 amide bonds. The quantitative estimate of drug-likeness (QED) is 0.749. The van der Waals surface area contributed by atoms with Crippen molar-refractivity contribution in [1.29, 1.82) is 0 Å². The largest absolute Gasteiger partial charge is 0.374 e. The van der Waals surface area contributed by atoms with Crippen LogP contribution in [0.4, 0.5) is 0 Å². The van der Waals surface area contributed by atoms with Gasteiger partial charge in [0.2, 0.25) is 5.91 Å². The summed E-state index contributed by atoms with van der Waals surface area (Å²) in [5.41, 5.74) is 0. The van der Waals surface area contributed by atoms with Crippen LogP contribution in [-0.2, 0) is 14.3 Å². The molecule has 4 unspecified atom stereocenters. The van der Waals surface area contributed by atoms with Gasteiger partial charge >= 0.3 is 0 Å².